The van der Waals surface area contributed by atoms with Crippen molar-refractivity contribution >= 4 is 5.91 Å². The van der Waals surface area contributed by atoms with E-state index < -0.39 is 23.4 Å². The molecular weight excluding hydrogens is 281 g/mol. The fourth-order valence-corrected chi connectivity index (χ4v) is 2.60. The quantitative estimate of drug-likeness (QED) is 0.843. The fourth-order valence-electron chi connectivity index (χ4n) is 2.60. The molecule has 1 heterocycles. The Morgan fingerprint density at radius 2 is 1.95 bits per heavy atom. The molecule has 6 heteroatoms. The van der Waals surface area contributed by atoms with Crippen LogP contribution in [0.1, 0.15) is 37.0 Å². The molecule has 1 atom stereocenters. The largest absolute Gasteiger partial charge is 0.350 e. The first kappa shape index (κ1) is 15.8. The van der Waals surface area contributed by atoms with Gasteiger partial charge in [-0.05, 0) is 36.9 Å². The standard InChI is InChI=1S/C15H19F3N2O/c1-15(2)4-3-5-19-12(15)8-20-14(21)9-6-10(16)13(18)11(17)7-9/h6-7,12,19H,3-5,8H2,1-2H3,(H,20,21). The Hall–Kier alpha value is -1.56. The lowest BCUT2D eigenvalue weighted by Gasteiger charge is -2.39. The number of carbonyl (C=O) groups is 1. The summed E-state index contributed by atoms with van der Waals surface area (Å²) in [5.41, 5.74) is -0.190. The van der Waals surface area contributed by atoms with Crippen LogP contribution < -0.4 is 10.6 Å². The summed E-state index contributed by atoms with van der Waals surface area (Å²) in [5.74, 6) is -4.91. The molecule has 0 radical (unpaired) electrons. The van der Waals surface area contributed by atoms with Crippen molar-refractivity contribution in [1.29, 1.82) is 0 Å². The van der Waals surface area contributed by atoms with Crippen LogP contribution in [0.5, 0.6) is 0 Å². The summed E-state index contributed by atoms with van der Waals surface area (Å²) in [6.45, 7) is 5.44. The predicted octanol–water partition coefficient (Wildman–Crippen LogP) is 2.61. The summed E-state index contributed by atoms with van der Waals surface area (Å²) in [6, 6.07) is 1.49. The number of piperidine rings is 1. The minimum Gasteiger partial charge on any atom is -0.350 e. The van der Waals surface area contributed by atoms with Crippen LogP contribution in [-0.2, 0) is 0 Å². The molecule has 1 amide bonds. The second-order valence-electron chi connectivity index (χ2n) is 6.06. The van der Waals surface area contributed by atoms with Crippen LogP contribution in [0, 0.1) is 22.9 Å². The molecule has 21 heavy (non-hydrogen) atoms. The van der Waals surface area contributed by atoms with E-state index in [1.807, 2.05) is 0 Å². The van der Waals surface area contributed by atoms with Crippen molar-refractivity contribution < 1.29 is 18.0 Å². The van der Waals surface area contributed by atoms with E-state index in [-0.39, 0.29) is 17.0 Å². The maximum absolute atomic E-state index is 13.1. The minimum atomic E-state index is -1.57. The Balaban J connectivity index is 2.02. The van der Waals surface area contributed by atoms with Gasteiger partial charge in [-0.2, -0.15) is 0 Å². The third-order valence-electron chi connectivity index (χ3n) is 4.04. The molecular formula is C15H19F3N2O. The summed E-state index contributed by atoms with van der Waals surface area (Å²) in [4.78, 5) is 11.9. The third kappa shape index (κ3) is 3.56. The van der Waals surface area contributed by atoms with Crippen molar-refractivity contribution in [1.82, 2.24) is 10.6 Å². The smallest absolute Gasteiger partial charge is 0.251 e. The zero-order chi connectivity index (χ0) is 15.6. The van der Waals surface area contributed by atoms with E-state index >= 15 is 0 Å². The van der Waals surface area contributed by atoms with E-state index in [0.717, 1.165) is 19.4 Å². The van der Waals surface area contributed by atoms with Crippen molar-refractivity contribution in [3.63, 3.8) is 0 Å². The Morgan fingerprint density at radius 1 is 1.33 bits per heavy atom. The average molecular weight is 300 g/mol. The molecule has 1 fully saturated rings. The van der Waals surface area contributed by atoms with Gasteiger partial charge in [-0.3, -0.25) is 4.79 Å². The Kier molecular flexibility index (Phi) is 4.56. The maximum Gasteiger partial charge on any atom is 0.251 e. The highest BCUT2D eigenvalue weighted by molar-refractivity contribution is 5.94. The number of amides is 1. The van der Waals surface area contributed by atoms with E-state index in [9.17, 15) is 18.0 Å². The van der Waals surface area contributed by atoms with Gasteiger partial charge in [0, 0.05) is 18.2 Å². The zero-order valence-corrected chi connectivity index (χ0v) is 12.1. The number of nitrogens with one attached hydrogen (secondary N) is 2. The lowest BCUT2D eigenvalue weighted by molar-refractivity contribution is 0.0927. The number of carbonyl (C=O) groups excluding carboxylic acids is 1. The Labute approximate surface area is 121 Å². The van der Waals surface area contributed by atoms with Crippen molar-refractivity contribution in [3.05, 3.63) is 35.1 Å². The van der Waals surface area contributed by atoms with E-state index in [1.54, 1.807) is 0 Å². The first-order chi connectivity index (χ1) is 9.81. The fraction of sp³-hybridized carbons (Fsp3) is 0.533. The summed E-state index contributed by atoms with van der Waals surface area (Å²) in [5, 5.41) is 5.97. The van der Waals surface area contributed by atoms with Gasteiger partial charge in [-0.25, -0.2) is 13.2 Å². The number of halogens is 3. The number of benzene rings is 1. The minimum absolute atomic E-state index is 0.0326. The van der Waals surface area contributed by atoms with Crippen molar-refractivity contribution in [2.24, 2.45) is 5.41 Å². The molecule has 0 aliphatic carbocycles. The monoisotopic (exact) mass is 300 g/mol. The van der Waals surface area contributed by atoms with Crippen molar-refractivity contribution in [3.8, 4) is 0 Å². The van der Waals surface area contributed by atoms with Crippen molar-refractivity contribution in [2.75, 3.05) is 13.1 Å². The molecule has 0 spiro atoms. The van der Waals surface area contributed by atoms with E-state index in [2.05, 4.69) is 24.5 Å². The maximum atomic E-state index is 13.1. The van der Waals surface area contributed by atoms with Crippen LogP contribution in [0.25, 0.3) is 0 Å². The molecule has 1 unspecified atom stereocenters. The topological polar surface area (TPSA) is 41.1 Å². The number of hydrogen-bond acceptors (Lipinski definition) is 2. The van der Waals surface area contributed by atoms with Crippen LogP contribution in [0.4, 0.5) is 13.2 Å². The molecule has 0 saturated carbocycles. The summed E-state index contributed by atoms with van der Waals surface area (Å²) < 4.78 is 39.1. The SMILES string of the molecule is CC1(C)CCCNC1CNC(=O)c1cc(F)c(F)c(F)c1. The van der Waals surface area contributed by atoms with Crippen LogP contribution in [0.15, 0.2) is 12.1 Å². The molecule has 1 saturated heterocycles. The third-order valence-corrected chi connectivity index (χ3v) is 4.04. The zero-order valence-electron chi connectivity index (χ0n) is 12.1. The molecule has 3 nitrogen and oxygen atoms in total. The van der Waals surface area contributed by atoms with Crippen LogP contribution >= 0.6 is 0 Å². The van der Waals surface area contributed by atoms with Gasteiger partial charge in [0.15, 0.2) is 17.5 Å². The first-order valence-electron chi connectivity index (χ1n) is 6.97. The molecule has 1 aromatic rings. The molecule has 2 N–H and O–H groups in total. The second kappa shape index (κ2) is 6.05. The lowest BCUT2D eigenvalue weighted by atomic mass is 9.77. The Morgan fingerprint density at radius 3 is 2.52 bits per heavy atom. The van der Waals surface area contributed by atoms with Crippen LogP contribution in [-0.4, -0.2) is 25.0 Å². The van der Waals surface area contributed by atoms with Gasteiger partial charge in [0.2, 0.25) is 0 Å². The Bertz CT molecular complexity index is 523. The normalized spacial score (nSPS) is 21.1. The first-order valence-corrected chi connectivity index (χ1v) is 6.97. The summed E-state index contributed by atoms with van der Waals surface area (Å²) >= 11 is 0. The van der Waals surface area contributed by atoms with Crippen LogP contribution in [0.2, 0.25) is 0 Å². The van der Waals surface area contributed by atoms with E-state index in [0.29, 0.717) is 18.7 Å². The van der Waals surface area contributed by atoms with Gasteiger partial charge in [-0.1, -0.05) is 13.8 Å². The number of rotatable bonds is 3. The molecule has 116 valence electrons. The van der Waals surface area contributed by atoms with Crippen LogP contribution in [0.3, 0.4) is 0 Å². The van der Waals surface area contributed by atoms with Gasteiger partial charge < -0.3 is 10.6 Å². The van der Waals surface area contributed by atoms with Gasteiger partial charge in [0.1, 0.15) is 0 Å². The molecule has 2 rings (SSSR count). The van der Waals surface area contributed by atoms with E-state index in [4.69, 9.17) is 0 Å². The van der Waals surface area contributed by atoms with Gasteiger partial charge in [0.25, 0.3) is 5.91 Å². The van der Waals surface area contributed by atoms with Gasteiger partial charge in [-0.15, -0.1) is 0 Å². The highest BCUT2D eigenvalue weighted by Gasteiger charge is 2.32. The molecule has 1 aromatic carbocycles. The molecule has 0 aromatic heterocycles. The van der Waals surface area contributed by atoms with E-state index in [1.165, 1.54) is 0 Å². The predicted molar refractivity (Wildman–Crippen MR) is 73.5 cm³/mol. The van der Waals surface area contributed by atoms with Gasteiger partial charge >= 0.3 is 0 Å². The molecule has 1 aliphatic rings. The van der Waals surface area contributed by atoms with Crippen molar-refractivity contribution in [2.45, 2.75) is 32.7 Å². The number of hydrogen-bond donors (Lipinski definition) is 2. The van der Waals surface area contributed by atoms with Gasteiger partial charge in [0.05, 0.1) is 0 Å². The second-order valence-corrected chi connectivity index (χ2v) is 6.06. The highest BCUT2D eigenvalue weighted by Crippen LogP contribution is 2.29. The lowest BCUT2D eigenvalue weighted by Crippen LogP contribution is -2.52. The highest BCUT2D eigenvalue weighted by atomic mass is 19.2. The molecule has 0 bridgehead atoms. The summed E-state index contributed by atoms with van der Waals surface area (Å²) in [7, 11) is 0. The molecule has 1 aliphatic heterocycles. The summed E-state index contributed by atoms with van der Waals surface area (Å²) in [6.07, 6.45) is 2.12. The average Bonchev–Trinajstić information content (AvgIpc) is 2.42.